The van der Waals surface area contributed by atoms with Gasteiger partial charge in [-0.25, -0.2) is 0 Å². The van der Waals surface area contributed by atoms with E-state index in [4.69, 9.17) is 4.74 Å². The predicted molar refractivity (Wildman–Crippen MR) is 57.0 cm³/mol. The Morgan fingerprint density at radius 3 is 1.53 bits per heavy atom. The summed E-state index contributed by atoms with van der Waals surface area (Å²) < 4.78 is 4.88. The first-order valence-electron chi connectivity index (χ1n) is 5.78. The highest BCUT2D eigenvalue weighted by molar-refractivity contribution is 5.89. The summed E-state index contributed by atoms with van der Waals surface area (Å²) in [5.74, 6) is -0.477. The molecule has 0 radical (unpaired) electrons. The van der Waals surface area contributed by atoms with Crippen molar-refractivity contribution >= 4 is 11.9 Å². The number of ether oxygens (including phenoxy) is 1. The van der Waals surface area contributed by atoms with E-state index in [2.05, 4.69) is 0 Å². The van der Waals surface area contributed by atoms with Crippen molar-refractivity contribution in [3.63, 3.8) is 0 Å². The van der Waals surface area contributed by atoms with Crippen molar-refractivity contribution in [1.82, 2.24) is 0 Å². The van der Waals surface area contributed by atoms with Crippen molar-refractivity contribution in [3.8, 4) is 0 Å². The third kappa shape index (κ3) is 2.21. The summed E-state index contributed by atoms with van der Waals surface area (Å²) in [6.07, 6.45) is 1.49. The standard InChI is InChI=1S/C12H20O3/c1-5-9-7(3)8(4)10(6-2)12(14)15-11(9)13/h7-10H,5-6H2,1-4H3. The van der Waals surface area contributed by atoms with Gasteiger partial charge in [0, 0.05) is 0 Å². The molecule has 0 saturated carbocycles. The SMILES string of the molecule is CCC1C(=O)OC(=O)C(CC)C(C)C1C. The Morgan fingerprint density at radius 2 is 1.27 bits per heavy atom. The van der Waals surface area contributed by atoms with Crippen LogP contribution in [0.5, 0.6) is 0 Å². The third-order valence-electron chi connectivity index (χ3n) is 3.79. The number of hydrogen-bond donors (Lipinski definition) is 0. The summed E-state index contributed by atoms with van der Waals surface area (Å²) in [5.41, 5.74) is 0. The molecule has 0 aliphatic carbocycles. The largest absolute Gasteiger partial charge is 0.393 e. The molecule has 1 fully saturated rings. The van der Waals surface area contributed by atoms with Gasteiger partial charge in [-0.15, -0.1) is 0 Å². The molecule has 1 rings (SSSR count). The molecule has 0 aromatic heterocycles. The van der Waals surface area contributed by atoms with Crippen LogP contribution in [-0.2, 0) is 14.3 Å². The first-order chi connectivity index (χ1) is 7.02. The van der Waals surface area contributed by atoms with Crippen molar-refractivity contribution in [2.75, 3.05) is 0 Å². The van der Waals surface area contributed by atoms with Crippen molar-refractivity contribution in [1.29, 1.82) is 0 Å². The average molecular weight is 212 g/mol. The first kappa shape index (κ1) is 12.2. The number of hydrogen-bond acceptors (Lipinski definition) is 3. The van der Waals surface area contributed by atoms with Gasteiger partial charge in [-0.1, -0.05) is 27.7 Å². The molecule has 3 heteroatoms. The molecule has 1 aliphatic rings. The Labute approximate surface area is 91.2 Å². The second kappa shape index (κ2) is 4.77. The minimum atomic E-state index is -0.335. The van der Waals surface area contributed by atoms with Crippen molar-refractivity contribution in [2.45, 2.75) is 40.5 Å². The summed E-state index contributed by atoms with van der Waals surface area (Å²) >= 11 is 0. The quantitative estimate of drug-likeness (QED) is 0.521. The molecule has 15 heavy (non-hydrogen) atoms. The van der Waals surface area contributed by atoms with Crippen molar-refractivity contribution < 1.29 is 14.3 Å². The maximum Gasteiger partial charge on any atom is 0.316 e. The molecule has 0 spiro atoms. The number of cyclic esters (lactones) is 2. The summed E-state index contributed by atoms with van der Waals surface area (Å²) in [4.78, 5) is 23.3. The maximum absolute atomic E-state index is 11.6. The fraction of sp³-hybridized carbons (Fsp3) is 0.833. The molecule has 0 aromatic carbocycles. The zero-order valence-electron chi connectivity index (χ0n) is 9.95. The Balaban J connectivity index is 2.96. The lowest BCUT2D eigenvalue weighted by atomic mass is 9.76. The van der Waals surface area contributed by atoms with Gasteiger partial charge in [0.1, 0.15) is 0 Å². The molecule has 0 bridgehead atoms. The minimum absolute atomic E-state index is 0.125. The van der Waals surface area contributed by atoms with Gasteiger partial charge in [-0.2, -0.15) is 0 Å². The van der Waals surface area contributed by atoms with E-state index in [1.807, 2.05) is 27.7 Å². The van der Waals surface area contributed by atoms with Crippen LogP contribution in [0.3, 0.4) is 0 Å². The molecule has 0 amide bonds. The van der Waals surface area contributed by atoms with E-state index < -0.39 is 0 Å². The molecule has 1 saturated heterocycles. The molecule has 3 nitrogen and oxygen atoms in total. The number of rotatable bonds is 2. The first-order valence-corrected chi connectivity index (χ1v) is 5.78. The molecule has 0 aromatic rings. The summed E-state index contributed by atoms with van der Waals surface area (Å²) in [7, 11) is 0. The molecule has 1 aliphatic heterocycles. The van der Waals surface area contributed by atoms with E-state index in [1.54, 1.807) is 0 Å². The molecular formula is C12H20O3. The fourth-order valence-electron chi connectivity index (χ4n) is 2.49. The minimum Gasteiger partial charge on any atom is -0.393 e. The van der Waals surface area contributed by atoms with Crippen molar-refractivity contribution in [3.05, 3.63) is 0 Å². The monoisotopic (exact) mass is 212 g/mol. The van der Waals surface area contributed by atoms with E-state index in [1.165, 1.54) is 0 Å². The van der Waals surface area contributed by atoms with Crippen LogP contribution in [0, 0.1) is 23.7 Å². The zero-order chi connectivity index (χ0) is 11.6. The van der Waals surface area contributed by atoms with E-state index in [9.17, 15) is 9.59 Å². The lowest BCUT2D eigenvalue weighted by molar-refractivity contribution is -0.163. The van der Waals surface area contributed by atoms with Crippen LogP contribution in [0.25, 0.3) is 0 Å². The molecule has 86 valence electrons. The predicted octanol–water partition coefficient (Wildman–Crippen LogP) is 2.39. The lowest BCUT2D eigenvalue weighted by Gasteiger charge is -2.25. The van der Waals surface area contributed by atoms with Gasteiger partial charge in [-0.3, -0.25) is 9.59 Å². The zero-order valence-corrected chi connectivity index (χ0v) is 9.95. The highest BCUT2D eigenvalue weighted by Gasteiger charge is 2.40. The maximum atomic E-state index is 11.6. The smallest absolute Gasteiger partial charge is 0.316 e. The highest BCUT2D eigenvalue weighted by atomic mass is 16.6. The highest BCUT2D eigenvalue weighted by Crippen LogP contribution is 2.35. The molecule has 1 heterocycles. The van der Waals surface area contributed by atoms with Crippen LogP contribution >= 0.6 is 0 Å². The van der Waals surface area contributed by atoms with Crippen LogP contribution in [0.1, 0.15) is 40.5 Å². The molecule has 4 atom stereocenters. The van der Waals surface area contributed by atoms with Gasteiger partial charge >= 0.3 is 11.9 Å². The number of carbonyl (C=O) groups is 2. The third-order valence-corrected chi connectivity index (χ3v) is 3.79. The fourth-order valence-corrected chi connectivity index (χ4v) is 2.49. The number of carbonyl (C=O) groups excluding carboxylic acids is 2. The second-order valence-electron chi connectivity index (χ2n) is 4.49. The van der Waals surface area contributed by atoms with Crippen LogP contribution in [-0.4, -0.2) is 11.9 Å². The van der Waals surface area contributed by atoms with Gasteiger partial charge in [0.25, 0.3) is 0 Å². The van der Waals surface area contributed by atoms with E-state index >= 15 is 0 Å². The summed E-state index contributed by atoms with van der Waals surface area (Å²) in [5, 5.41) is 0. The Hall–Kier alpha value is -0.860. The molecule has 0 N–H and O–H groups in total. The van der Waals surface area contributed by atoms with Crippen LogP contribution < -0.4 is 0 Å². The molecule has 4 unspecified atom stereocenters. The number of esters is 2. The van der Waals surface area contributed by atoms with Gasteiger partial charge < -0.3 is 4.74 Å². The Morgan fingerprint density at radius 1 is 0.933 bits per heavy atom. The molecular weight excluding hydrogens is 192 g/mol. The second-order valence-corrected chi connectivity index (χ2v) is 4.49. The average Bonchev–Trinajstić information content (AvgIpc) is 2.25. The van der Waals surface area contributed by atoms with E-state index in [0.717, 1.165) is 12.8 Å². The Bertz CT molecular complexity index is 234. The van der Waals surface area contributed by atoms with Crippen LogP contribution in [0.15, 0.2) is 0 Å². The van der Waals surface area contributed by atoms with Crippen LogP contribution in [0.2, 0.25) is 0 Å². The van der Waals surface area contributed by atoms with Gasteiger partial charge in [0.05, 0.1) is 11.8 Å². The van der Waals surface area contributed by atoms with Crippen molar-refractivity contribution in [2.24, 2.45) is 23.7 Å². The lowest BCUT2D eigenvalue weighted by Crippen LogP contribution is -2.26. The van der Waals surface area contributed by atoms with E-state index in [0.29, 0.717) is 0 Å². The van der Waals surface area contributed by atoms with Crippen LogP contribution in [0.4, 0.5) is 0 Å². The van der Waals surface area contributed by atoms with Gasteiger partial charge in [0.2, 0.25) is 0 Å². The Kier molecular flexibility index (Phi) is 3.89. The van der Waals surface area contributed by atoms with Gasteiger partial charge in [-0.05, 0) is 24.7 Å². The summed E-state index contributed by atoms with van der Waals surface area (Å²) in [6.45, 7) is 8.01. The topological polar surface area (TPSA) is 43.4 Å². The normalized spacial score (nSPS) is 37.3. The summed E-state index contributed by atoms with van der Waals surface area (Å²) in [6, 6.07) is 0. The van der Waals surface area contributed by atoms with Gasteiger partial charge in [0.15, 0.2) is 0 Å². The van der Waals surface area contributed by atoms with E-state index in [-0.39, 0.29) is 35.6 Å².